The molecular formula is C20H22N2O3. The highest BCUT2D eigenvalue weighted by molar-refractivity contribution is 5.98. The van der Waals surface area contributed by atoms with Crippen LogP contribution in [0.2, 0.25) is 0 Å². The van der Waals surface area contributed by atoms with Gasteiger partial charge in [0.2, 0.25) is 12.7 Å². The zero-order valence-corrected chi connectivity index (χ0v) is 14.6. The van der Waals surface area contributed by atoms with Crippen LogP contribution in [0.3, 0.4) is 0 Å². The maximum Gasteiger partial charge on any atom is 0.244 e. The Morgan fingerprint density at radius 1 is 1.20 bits per heavy atom. The Kier molecular flexibility index (Phi) is 4.09. The van der Waals surface area contributed by atoms with Gasteiger partial charge in [-0.05, 0) is 49.7 Å². The molecule has 0 aromatic heterocycles. The van der Waals surface area contributed by atoms with Crippen molar-refractivity contribution in [2.45, 2.75) is 25.9 Å². The van der Waals surface area contributed by atoms with E-state index >= 15 is 0 Å². The van der Waals surface area contributed by atoms with Gasteiger partial charge in [0, 0.05) is 18.8 Å². The Labute approximate surface area is 147 Å². The standard InChI is InChI=1S/C20H22N2O3/c1-14(20(23)22-10-9-16-5-3-4-6-17(16)22)21(2)12-15-7-8-18-19(11-15)25-13-24-18/h3-8,11,14H,9-10,12-13H2,1-2H3/t14-/m1/s1. The number of para-hydroxylation sites is 1. The van der Waals surface area contributed by atoms with Crippen molar-refractivity contribution in [2.24, 2.45) is 0 Å². The molecule has 2 aromatic rings. The minimum absolute atomic E-state index is 0.146. The van der Waals surface area contributed by atoms with E-state index in [1.54, 1.807) is 0 Å². The summed E-state index contributed by atoms with van der Waals surface area (Å²) in [6.45, 7) is 3.69. The third-order valence-corrected chi connectivity index (χ3v) is 5.04. The Balaban J connectivity index is 1.45. The number of hydrogen-bond acceptors (Lipinski definition) is 4. The molecule has 0 unspecified atom stereocenters. The molecule has 1 amide bonds. The van der Waals surface area contributed by atoms with Crippen LogP contribution in [0.15, 0.2) is 42.5 Å². The molecule has 5 heteroatoms. The normalized spacial score (nSPS) is 16.2. The summed E-state index contributed by atoms with van der Waals surface area (Å²) in [6, 6.07) is 13.9. The Morgan fingerprint density at radius 3 is 2.88 bits per heavy atom. The maximum atomic E-state index is 13.0. The number of hydrogen-bond donors (Lipinski definition) is 0. The first-order chi connectivity index (χ1) is 12.1. The predicted octanol–water partition coefficient (Wildman–Crippen LogP) is 2.82. The summed E-state index contributed by atoms with van der Waals surface area (Å²) in [4.78, 5) is 16.9. The fourth-order valence-electron chi connectivity index (χ4n) is 3.45. The number of anilines is 1. The summed E-state index contributed by atoms with van der Waals surface area (Å²) < 4.78 is 10.8. The third-order valence-electron chi connectivity index (χ3n) is 5.04. The lowest BCUT2D eigenvalue weighted by Crippen LogP contribution is -2.45. The van der Waals surface area contributed by atoms with E-state index in [2.05, 4.69) is 11.0 Å². The van der Waals surface area contributed by atoms with Gasteiger partial charge in [-0.25, -0.2) is 0 Å². The van der Waals surface area contributed by atoms with Crippen molar-refractivity contribution in [3.05, 3.63) is 53.6 Å². The minimum Gasteiger partial charge on any atom is -0.454 e. The van der Waals surface area contributed by atoms with Crippen LogP contribution in [0.5, 0.6) is 11.5 Å². The van der Waals surface area contributed by atoms with Crippen LogP contribution in [-0.2, 0) is 17.8 Å². The van der Waals surface area contributed by atoms with E-state index in [0.29, 0.717) is 6.54 Å². The molecule has 2 heterocycles. The van der Waals surface area contributed by atoms with E-state index in [1.165, 1.54) is 5.56 Å². The number of amides is 1. The van der Waals surface area contributed by atoms with Gasteiger partial charge in [-0.1, -0.05) is 24.3 Å². The van der Waals surface area contributed by atoms with Crippen LogP contribution in [0.25, 0.3) is 0 Å². The maximum absolute atomic E-state index is 13.0. The largest absolute Gasteiger partial charge is 0.454 e. The molecule has 0 saturated carbocycles. The first-order valence-corrected chi connectivity index (χ1v) is 8.61. The lowest BCUT2D eigenvalue weighted by molar-refractivity contribution is -0.122. The van der Waals surface area contributed by atoms with Gasteiger partial charge in [0.15, 0.2) is 11.5 Å². The molecule has 0 bridgehead atoms. The number of ether oxygens (including phenoxy) is 2. The Hall–Kier alpha value is -2.53. The average Bonchev–Trinajstić information content (AvgIpc) is 3.26. The van der Waals surface area contributed by atoms with Crippen LogP contribution < -0.4 is 14.4 Å². The second-order valence-corrected chi connectivity index (χ2v) is 6.65. The minimum atomic E-state index is -0.198. The molecule has 5 nitrogen and oxygen atoms in total. The molecule has 0 spiro atoms. The highest BCUT2D eigenvalue weighted by Crippen LogP contribution is 2.33. The molecule has 130 valence electrons. The molecule has 0 saturated heterocycles. The van der Waals surface area contributed by atoms with E-state index in [-0.39, 0.29) is 18.7 Å². The highest BCUT2D eigenvalue weighted by Gasteiger charge is 2.29. The summed E-state index contributed by atoms with van der Waals surface area (Å²) in [5.41, 5.74) is 3.41. The summed E-state index contributed by atoms with van der Waals surface area (Å²) in [5, 5.41) is 0. The van der Waals surface area contributed by atoms with E-state index < -0.39 is 0 Å². The fraction of sp³-hybridized carbons (Fsp3) is 0.350. The molecular weight excluding hydrogens is 316 g/mol. The summed E-state index contributed by atoms with van der Waals surface area (Å²) in [6.07, 6.45) is 0.931. The number of nitrogens with zero attached hydrogens (tertiary/aromatic N) is 2. The van der Waals surface area contributed by atoms with E-state index in [4.69, 9.17) is 9.47 Å². The Bertz CT molecular complexity index is 805. The molecule has 0 fully saturated rings. The second-order valence-electron chi connectivity index (χ2n) is 6.65. The van der Waals surface area contributed by atoms with E-state index in [0.717, 1.165) is 35.7 Å². The van der Waals surface area contributed by atoms with Gasteiger partial charge < -0.3 is 14.4 Å². The van der Waals surface area contributed by atoms with Gasteiger partial charge in [0.25, 0.3) is 0 Å². The van der Waals surface area contributed by atoms with Crippen LogP contribution >= 0.6 is 0 Å². The molecule has 0 radical (unpaired) electrons. The molecule has 4 rings (SSSR count). The number of fused-ring (bicyclic) bond motifs is 2. The van der Waals surface area contributed by atoms with Crippen molar-refractivity contribution in [2.75, 3.05) is 25.3 Å². The first-order valence-electron chi connectivity index (χ1n) is 8.61. The second kappa shape index (κ2) is 6.41. The molecule has 25 heavy (non-hydrogen) atoms. The lowest BCUT2D eigenvalue weighted by Gasteiger charge is -2.28. The van der Waals surface area contributed by atoms with Crippen molar-refractivity contribution in [1.29, 1.82) is 0 Å². The molecule has 0 aliphatic carbocycles. The van der Waals surface area contributed by atoms with Crippen molar-refractivity contribution in [3.63, 3.8) is 0 Å². The number of carbonyl (C=O) groups excluding carboxylic acids is 1. The Morgan fingerprint density at radius 2 is 2.00 bits per heavy atom. The topological polar surface area (TPSA) is 42.0 Å². The average molecular weight is 338 g/mol. The van der Waals surface area contributed by atoms with E-state index in [1.807, 2.05) is 55.3 Å². The number of carbonyl (C=O) groups is 1. The van der Waals surface area contributed by atoms with Gasteiger partial charge in [-0.3, -0.25) is 9.69 Å². The lowest BCUT2D eigenvalue weighted by atomic mass is 10.1. The van der Waals surface area contributed by atoms with Gasteiger partial charge in [-0.2, -0.15) is 0 Å². The number of benzene rings is 2. The smallest absolute Gasteiger partial charge is 0.244 e. The summed E-state index contributed by atoms with van der Waals surface area (Å²) in [5.74, 6) is 1.70. The van der Waals surface area contributed by atoms with Crippen molar-refractivity contribution >= 4 is 11.6 Å². The predicted molar refractivity (Wildman–Crippen MR) is 96.0 cm³/mol. The van der Waals surface area contributed by atoms with Gasteiger partial charge in [0.1, 0.15) is 0 Å². The van der Waals surface area contributed by atoms with E-state index in [9.17, 15) is 4.79 Å². The van der Waals surface area contributed by atoms with Crippen LogP contribution in [0, 0.1) is 0 Å². The third kappa shape index (κ3) is 2.96. The number of rotatable bonds is 4. The monoisotopic (exact) mass is 338 g/mol. The first kappa shape index (κ1) is 16.0. The molecule has 2 aromatic carbocycles. The molecule has 1 atom stereocenters. The van der Waals surface area contributed by atoms with Crippen molar-refractivity contribution in [1.82, 2.24) is 4.90 Å². The van der Waals surface area contributed by atoms with Crippen LogP contribution in [-0.4, -0.2) is 37.2 Å². The van der Waals surface area contributed by atoms with Crippen LogP contribution in [0.4, 0.5) is 5.69 Å². The molecule has 0 N–H and O–H groups in total. The van der Waals surface area contributed by atoms with Gasteiger partial charge >= 0.3 is 0 Å². The quantitative estimate of drug-likeness (QED) is 0.860. The highest BCUT2D eigenvalue weighted by atomic mass is 16.7. The van der Waals surface area contributed by atoms with Gasteiger partial charge in [-0.15, -0.1) is 0 Å². The molecule has 2 aliphatic heterocycles. The van der Waals surface area contributed by atoms with Gasteiger partial charge in [0.05, 0.1) is 6.04 Å². The molecule has 2 aliphatic rings. The zero-order valence-electron chi connectivity index (χ0n) is 14.6. The van der Waals surface area contributed by atoms with Crippen LogP contribution in [0.1, 0.15) is 18.1 Å². The van der Waals surface area contributed by atoms with Crippen molar-refractivity contribution < 1.29 is 14.3 Å². The summed E-state index contributed by atoms with van der Waals surface area (Å²) in [7, 11) is 1.98. The zero-order chi connectivity index (χ0) is 17.4. The number of likely N-dealkylation sites (N-methyl/N-ethyl adjacent to an activating group) is 1. The fourth-order valence-corrected chi connectivity index (χ4v) is 3.45. The SMILES string of the molecule is C[C@H](C(=O)N1CCc2ccccc21)N(C)Cc1ccc2c(c1)OCO2. The van der Waals surface area contributed by atoms with Crippen molar-refractivity contribution in [3.8, 4) is 11.5 Å². The summed E-state index contributed by atoms with van der Waals surface area (Å²) >= 11 is 0.